The van der Waals surface area contributed by atoms with Crippen molar-refractivity contribution in [2.75, 3.05) is 19.8 Å². The van der Waals surface area contributed by atoms with E-state index in [1.165, 1.54) is 0 Å². The van der Waals surface area contributed by atoms with Crippen LogP contribution >= 0.6 is 11.6 Å². The second kappa shape index (κ2) is 6.97. The highest BCUT2D eigenvalue weighted by Gasteiger charge is 2.34. The Labute approximate surface area is 108 Å². The summed E-state index contributed by atoms with van der Waals surface area (Å²) in [7, 11) is 0. The number of rotatable bonds is 7. The van der Waals surface area contributed by atoms with Crippen molar-refractivity contribution in [1.29, 1.82) is 0 Å². The van der Waals surface area contributed by atoms with Crippen LogP contribution in [-0.2, 0) is 20.2 Å². The first-order valence-corrected chi connectivity index (χ1v) is 6.24. The lowest BCUT2D eigenvalue weighted by Crippen LogP contribution is -2.36. The Bertz CT molecular complexity index is 307. The van der Waals surface area contributed by atoms with E-state index in [-0.39, 0.29) is 0 Å². The number of ether oxygens (including phenoxy) is 3. The molecule has 1 rings (SSSR count). The fraction of sp³-hybridized carbons (Fsp3) is 0.538. The zero-order chi connectivity index (χ0) is 12.7. The van der Waals surface area contributed by atoms with Crippen LogP contribution in [0.4, 0.5) is 0 Å². The summed E-state index contributed by atoms with van der Waals surface area (Å²) in [6.45, 7) is 7.22. The lowest BCUT2D eigenvalue weighted by Gasteiger charge is -2.32. The van der Waals surface area contributed by atoms with Gasteiger partial charge in [-0.25, -0.2) is 0 Å². The summed E-state index contributed by atoms with van der Waals surface area (Å²) in [6.07, 6.45) is 0. The molecule has 0 fully saturated rings. The minimum absolute atomic E-state index is 0.503. The maximum absolute atomic E-state index is 5.87. The Hall–Kier alpha value is -0.610. The van der Waals surface area contributed by atoms with Crippen LogP contribution in [0.1, 0.15) is 26.3 Å². The summed E-state index contributed by atoms with van der Waals surface area (Å²) in [5.41, 5.74) is 0.812. The monoisotopic (exact) mass is 258 g/mol. The van der Waals surface area contributed by atoms with Crippen LogP contribution in [-0.4, -0.2) is 19.8 Å². The minimum atomic E-state index is -1.12. The molecule has 17 heavy (non-hydrogen) atoms. The fourth-order valence-corrected chi connectivity index (χ4v) is 1.73. The second-order valence-corrected chi connectivity index (χ2v) is 3.80. The third-order valence-electron chi connectivity index (χ3n) is 2.20. The van der Waals surface area contributed by atoms with Crippen molar-refractivity contribution in [3.8, 4) is 0 Å². The van der Waals surface area contributed by atoms with Gasteiger partial charge >= 0.3 is 5.97 Å². The fourth-order valence-electron chi connectivity index (χ4n) is 1.60. The Morgan fingerprint density at radius 3 is 1.65 bits per heavy atom. The molecule has 0 radical (unpaired) electrons. The van der Waals surface area contributed by atoms with E-state index in [1.807, 2.05) is 32.9 Å². The first kappa shape index (κ1) is 14.5. The maximum Gasteiger partial charge on any atom is 0.311 e. The number of hydrogen-bond acceptors (Lipinski definition) is 3. The van der Waals surface area contributed by atoms with Gasteiger partial charge in [-0.15, -0.1) is 0 Å². The van der Waals surface area contributed by atoms with Gasteiger partial charge in [-0.1, -0.05) is 11.6 Å². The number of hydrogen-bond donors (Lipinski definition) is 0. The predicted molar refractivity (Wildman–Crippen MR) is 68.0 cm³/mol. The molecular formula is C13H19ClO3. The summed E-state index contributed by atoms with van der Waals surface area (Å²) in [5, 5.41) is 0.673. The summed E-state index contributed by atoms with van der Waals surface area (Å²) >= 11 is 5.87. The van der Waals surface area contributed by atoms with E-state index in [4.69, 9.17) is 25.8 Å². The third-order valence-corrected chi connectivity index (χ3v) is 2.45. The van der Waals surface area contributed by atoms with Crippen molar-refractivity contribution in [2.45, 2.75) is 26.7 Å². The van der Waals surface area contributed by atoms with Crippen LogP contribution in [0.25, 0.3) is 0 Å². The first-order chi connectivity index (χ1) is 8.18. The topological polar surface area (TPSA) is 27.7 Å². The van der Waals surface area contributed by atoms with Crippen LogP contribution in [0.2, 0.25) is 5.02 Å². The standard InChI is InChI=1S/C13H19ClO3/c1-4-15-13(16-5-2,17-6-3)11-7-9-12(14)10-8-11/h7-10H,4-6H2,1-3H3. The van der Waals surface area contributed by atoms with Gasteiger partial charge in [0.2, 0.25) is 0 Å². The highest BCUT2D eigenvalue weighted by Crippen LogP contribution is 2.30. The van der Waals surface area contributed by atoms with Crippen molar-refractivity contribution < 1.29 is 14.2 Å². The van der Waals surface area contributed by atoms with Crippen molar-refractivity contribution >= 4 is 11.6 Å². The molecule has 0 unspecified atom stereocenters. The molecule has 0 heterocycles. The van der Waals surface area contributed by atoms with Gasteiger partial charge in [-0.2, -0.15) is 0 Å². The molecule has 0 saturated carbocycles. The summed E-state index contributed by atoms with van der Waals surface area (Å²) < 4.78 is 16.9. The molecule has 0 spiro atoms. The average Bonchev–Trinajstić information content (AvgIpc) is 2.30. The number of benzene rings is 1. The smallest absolute Gasteiger partial charge is 0.311 e. The van der Waals surface area contributed by atoms with Crippen LogP contribution in [0.3, 0.4) is 0 Å². The van der Waals surface area contributed by atoms with E-state index >= 15 is 0 Å². The highest BCUT2D eigenvalue weighted by molar-refractivity contribution is 6.30. The van der Waals surface area contributed by atoms with E-state index < -0.39 is 5.97 Å². The molecule has 96 valence electrons. The molecule has 1 aromatic carbocycles. The Balaban J connectivity index is 3.04. The summed E-state index contributed by atoms with van der Waals surface area (Å²) in [4.78, 5) is 0. The molecule has 0 aliphatic heterocycles. The zero-order valence-corrected chi connectivity index (χ0v) is 11.3. The lowest BCUT2D eigenvalue weighted by molar-refractivity contribution is -0.389. The first-order valence-electron chi connectivity index (χ1n) is 5.86. The zero-order valence-electron chi connectivity index (χ0n) is 10.5. The van der Waals surface area contributed by atoms with Gasteiger partial charge in [0.25, 0.3) is 0 Å². The minimum Gasteiger partial charge on any atom is -0.324 e. The van der Waals surface area contributed by atoms with Gasteiger partial charge in [0.15, 0.2) is 0 Å². The van der Waals surface area contributed by atoms with Gasteiger partial charge in [-0.05, 0) is 45.0 Å². The molecule has 0 atom stereocenters. The van der Waals surface area contributed by atoms with Crippen LogP contribution < -0.4 is 0 Å². The lowest BCUT2D eigenvalue weighted by atomic mass is 10.2. The van der Waals surface area contributed by atoms with Gasteiger partial charge in [0.1, 0.15) is 0 Å². The SMILES string of the molecule is CCOC(OCC)(OCC)c1ccc(Cl)cc1. The van der Waals surface area contributed by atoms with E-state index in [2.05, 4.69) is 0 Å². The molecule has 0 aromatic heterocycles. The highest BCUT2D eigenvalue weighted by atomic mass is 35.5. The molecule has 3 nitrogen and oxygen atoms in total. The Kier molecular flexibility index (Phi) is 5.92. The molecule has 4 heteroatoms. The number of halogens is 1. The maximum atomic E-state index is 5.87. The molecular weight excluding hydrogens is 240 g/mol. The van der Waals surface area contributed by atoms with Crippen molar-refractivity contribution in [3.63, 3.8) is 0 Å². The van der Waals surface area contributed by atoms with E-state index in [0.717, 1.165) is 5.56 Å². The van der Waals surface area contributed by atoms with E-state index in [1.54, 1.807) is 12.1 Å². The molecule has 0 saturated heterocycles. The summed E-state index contributed by atoms with van der Waals surface area (Å²) in [5.74, 6) is -1.12. The largest absolute Gasteiger partial charge is 0.324 e. The average molecular weight is 259 g/mol. The van der Waals surface area contributed by atoms with Crippen LogP contribution in [0, 0.1) is 0 Å². The molecule has 1 aromatic rings. The normalized spacial score (nSPS) is 11.8. The van der Waals surface area contributed by atoms with Gasteiger partial charge < -0.3 is 14.2 Å². The predicted octanol–water partition coefficient (Wildman–Crippen LogP) is 3.56. The molecule has 0 aliphatic carbocycles. The van der Waals surface area contributed by atoms with Crippen LogP contribution in [0.15, 0.2) is 24.3 Å². The van der Waals surface area contributed by atoms with E-state index in [0.29, 0.717) is 24.8 Å². The van der Waals surface area contributed by atoms with Gasteiger partial charge in [0.05, 0.1) is 0 Å². The van der Waals surface area contributed by atoms with Crippen molar-refractivity contribution in [3.05, 3.63) is 34.9 Å². The molecule has 0 bridgehead atoms. The van der Waals surface area contributed by atoms with Crippen molar-refractivity contribution in [1.82, 2.24) is 0 Å². The van der Waals surface area contributed by atoms with Crippen LogP contribution in [0.5, 0.6) is 0 Å². The molecule has 0 amide bonds. The third kappa shape index (κ3) is 3.68. The van der Waals surface area contributed by atoms with Gasteiger partial charge in [0, 0.05) is 30.4 Å². The van der Waals surface area contributed by atoms with Gasteiger partial charge in [-0.3, -0.25) is 0 Å². The Morgan fingerprint density at radius 2 is 1.29 bits per heavy atom. The van der Waals surface area contributed by atoms with E-state index in [9.17, 15) is 0 Å². The summed E-state index contributed by atoms with van der Waals surface area (Å²) in [6, 6.07) is 7.29. The quantitative estimate of drug-likeness (QED) is 0.700. The molecule has 0 aliphatic rings. The molecule has 0 N–H and O–H groups in total. The van der Waals surface area contributed by atoms with Crippen molar-refractivity contribution in [2.24, 2.45) is 0 Å². The second-order valence-electron chi connectivity index (χ2n) is 3.36. The Morgan fingerprint density at radius 1 is 0.882 bits per heavy atom.